The zero-order chi connectivity index (χ0) is 16.0. The first-order chi connectivity index (χ1) is 9.89. The minimum atomic E-state index is -0.741. The van der Waals surface area contributed by atoms with Gasteiger partial charge in [0.1, 0.15) is 0 Å². The highest BCUT2D eigenvalue weighted by Crippen LogP contribution is 2.33. The van der Waals surface area contributed by atoms with Crippen LogP contribution in [-0.2, 0) is 4.79 Å². The van der Waals surface area contributed by atoms with Crippen LogP contribution in [0, 0.1) is 19.3 Å². The maximum absolute atomic E-state index is 12.8. The number of benzene rings is 1. The molecular weight excluding hydrogens is 280 g/mol. The van der Waals surface area contributed by atoms with Crippen LogP contribution in [0.2, 0.25) is 0 Å². The third-order valence-corrected chi connectivity index (χ3v) is 4.50. The van der Waals surface area contributed by atoms with E-state index in [2.05, 4.69) is 5.32 Å². The van der Waals surface area contributed by atoms with Crippen molar-refractivity contribution in [2.24, 2.45) is 11.1 Å². The van der Waals surface area contributed by atoms with Gasteiger partial charge in [0.25, 0.3) is 0 Å². The molecule has 0 spiro atoms. The number of carbonyl (C=O) groups is 1. The minimum Gasteiger partial charge on any atom is -0.392 e. The lowest BCUT2D eigenvalue weighted by molar-refractivity contribution is -0.122. The Balaban J connectivity index is 3.11. The van der Waals surface area contributed by atoms with E-state index in [0.29, 0.717) is 17.8 Å². The highest BCUT2D eigenvalue weighted by atomic mass is 32.1. The molecule has 1 rings (SSSR count). The third-order valence-electron chi connectivity index (χ3n) is 4.11. The van der Waals surface area contributed by atoms with Crippen molar-refractivity contribution in [1.82, 2.24) is 0 Å². The summed E-state index contributed by atoms with van der Waals surface area (Å²) < 4.78 is 0. The van der Waals surface area contributed by atoms with Gasteiger partial charge in [-0.05, 0) is 43.9 Å². The van der Waals surface area contributed by atoms with E-state index in [-0.39, 0.29) is 5.91 Å². The smallest absolute Gasteiger partial charge is 0.237 e. The Morgan fingerprint density at radius 2 is 1.81 bits per heavy atom. The number of hydrogen-bond donors (Lipinski definition) is 2. The molecule has 0 unspecified atom stereocenters. The predicted octanol–water partition coefficient (Wildman–Crippen LogP) is 4.11. The van der Waals surface area contributed by atoms with Gasteiger partial charge in [0, 0.05) is 5.69 Å². The van der Waals surface area contributed by atoms with E-state index in [9.17, 15) is 4.79 Å². The van der Waals surface area contributed by atoms with E-state index in [1.807, 2.05) is 45.9 Å². The lowest BCUT2D eigenvalue weighted by Gasteiger charge is -2.31. The van der Waals surface area contributed by atoms with Gasteiger partial charge in [-0.3, -0.25) is 4.79 Å². The summed E-state index contributed by atoms with van der Waals surface area (Å²) in [4.78, 5) is 13.1. The van der Waals surface area contributed by atoms with Crippen LogP contribution in [-0.4, -0.2) is 10.9 Å². The lowest BCUT2D eigenvalue weighted by atomic mass is 9.78. The molecule has 0 saturated carbocycles. The van der Waals surface area contributed by atoms with Crippen LogP contribution in [0.3, 0.4) is 0 Å². The minimum absolute atomic E-state index is 0.0765. The Labute approximate surface area is 133 Å². The third kappa shape index (κ3) is 3.82. The summed E-state index contributed by atoms with van der Waals surface area (Å²) in [6.45, 7) is 8.14. The van der Waals surface area contributed by atoms with Crippen molar-refractivity contribution >= 4 is 28.8 Å². The molecule has 4 heteroatoms. The molecule has 116 valence electrons. The zero-order valence-corrected chi connectivity index (χ0v) is 14.3. The molecule has 1 aromatic carbocycles. The summed E-state index contributed by atoms with van der Waals surface area (Å²) in [6.07, 6.45) is 3.12. The fourth-order valence-corrected chi connectivity index (χ4v) is 2.99. The fourth-order valence-electron chi connectivity index (χ4n) is 2.69. The summed E-state index contributed by atoms with van der Waals surface area (Å²) in [5, 5.41) is 3.04. The summed E-state index contributed by atoms with van der Waals surface area (Å²) >= 11 is 5.23. The first-order valence-electron chi connectivity index (χ1n) is 7.56. The summed E-state index contributed by atoms with van der Waals surface area (Å²) in [7, 11) is 0. The largest absolute Gasteiger partial charge is 0.392 e. The van der Waals surface area contributed by atoms with Crippen molar-refractivity contribution in [3.05, 3.63) is 29.3 Å². The molecule has 21 heavy (non-hydrogen) atoms. The van der Waals surface area contributed by atoms with Crippen LogP contribution in [0.5, 0.6) is 0 Å². The van der Waals surface area contributed by atoms with Gasteiger partial charge in [-0.15, -0.1) is 0 Å². The van der Waals surface area contributed by atoms with Crippen LogP contribution in [0.15, 0.2) is 18.2 Å². The van der Waals surface area contributed by atoms with Crippen molar-refractivity contribution in [1.29, 1.82) is 0 Å². The van der Waals surface area contributed by atoms with Crippen LogP contribution in [0.4, 0.5) is 5.69 Å². The topological polar surface area (TPSA) is 55.1 Å². The Morgan fingerprint density at radius 1 is 1.24 bits per heavy atom. The molecule has 0 fully saturated rings. The van der Waals surface area contributed by atoms with Crippen LogP contribution in [0.1, 0.15) is 50.7 Å². The second-order valence-corrected chi connectivity index (χ2v) is 6.09. The molecule has 1 amide bonds. The second-order valence-electron chi connectivity index (χ2n) is 5.65. The van der Waals surface area contributed by atoms with Crippen molar-refractivity contribution in [3.8, 4) is 0 Å². The SMILES string of the molecule is CCCC(CCC)(C(=O)Nc1cccc(C)c1C)C(N)=S. The monoisotopic (exact) mass is 306 g/mol. The quantitative estimate of drug-likeness (QED) is 0.745. The number of rotatable bonds is 7. The predicted molar refractivity (Wildman–Crippen MR) is 93.6 cm³/mol. The molecule has 0 radical (unpaired) electrons. The molecule has 0 aliphatic rings. The first kappa shape index (κ1) is 17.6. The van der Waals surface area contributed by atoms with Crippen molar-refractivity contribution in [2.45, 2.75) is 53.4 Å². The zero-order valence-electron chi connectivity index (χ0n) is 13.5. The van der Waals surface area contributed by atoms with Gasteiger partial charge < -0.3 is 11.1 Å². The van der Waals surface area contributed by atoms with E-state index >= 15 is 0 Å². The van der Waals surface area contributed by atoms with E-state index in [1.54, 1.807) is 0 Å². The van der Waals surface area contributed by atoms with Crippen LogP contribution in [0.25, 0.3) is 0 Å². The normalized spacial score (nSPS) is 11.2. The Bertz CT molecular complexity index is 520. The highest BCUT2D eigenvalue weighted by molar-refractivity contribution is 7.80. The molecule has 0 aromatic heterocycles. The lowest BCUT2D eigenvalue weighted by Crippen LogP contribution is -2.46. The van der Waals surface area contributed by atoms with Gasteiger partial charge in [0.15, 0.2) is 0 Å². The number of hydrogen-bond acceptors (Lipinski definition) is 2. The van der Waals surface area contributed by atoms with Crippen LogP contribution < -0.4 is 11.1 Å². The summed E-state index contributed by atoms with van der Waals surface area (Å²) in [6, 6.07) is 5.90. The molecule has 3 nitrogen and oxygen atoms in total. The van der Waals surface area contributed by atoms with Crippen molar-refractivity contribution in [2.75, 3.05) is 5.32 Å². The van der Waals surface area contributed by atoms with E-state index < -0.39 is 5.41 Å². The number of thiocarbonyl (C=S) groups is 1. The molecule has 0 bridgehead atoms. The Morgan fingerprint density at radius 3 is 2.29 bits per heavy atom. The number of carbonyl (C=O) groups excluding carboxylic acids is 1. The highest BCUT2D eigenvalue weighted by Gasteiger charge is 2.39. The van der Waals surface area contributed by atoms with Crippen molar-refractivity contribution in [3.63, 3.8) is 0 Å². The number of nitrogens with two attached hydrogens (primary N) is 1. The second kappa shape index (κ2) is 7.55. The van der Waals surface area contributed by atoms with Crippen molar-refractivity contribution < 1.29 is 4.79 Å². The first-order valence-corrected chi connectivity index (χ1v) is 7.97. The molecule has 0 atom stereocenters. The summed E-state index contributed by atoms with van der Waals surface area (Å²) in [5.74, 6) is -0.0765. The van der Waals surface area contributed by atoms with Gasteiger partial charge in [0.2, 0.25) is 5.91 Å². The maximum atomic E-state index is 12.8. The Hall–Kier alpha value is -1.42. The number of aryl methyl sites for hydroxylation is 1. The molecule has 0 aliphatic heterocycles. The number of amides is 1. The molecule has 3 N–H and O–H groups in total. The molecule has 1 aromatic rings. The number of nitrogens with one attached hydrogen (secondary N) is 1. The van der Waals surface area contributed by atoms with E-state index in [1.165, 1.54) is 0 Å². The number of anilines is 1. The molecular formula is C17H26N2OS. The van der Waals surface area contributed by atoms with Gasteiger partial charge in [0.05, 0.1) is 10.4 Å². The summed E-state index contributed by atoms with van der Waals surface area (Å²) in [5.41, 5.74) is 8.27. The average Bonchev–Trinajstić information content (AvgIpc) is 2.43. The Kier molecular flexibility index (Phi) is 6.34. The average molecular weight is 306 g/mol. The fraction of sp³-hybridized carbons (Fsp3) is 0.529. The van der Waals surface area contributed by atoms with E-state index in [0.717, 1.165) is 29.7 Å². The molecule has 0 saturated heterocycles. The molecule has 0 heterocycles. The van der Waals surface area contributed by atoms with Crippen LogP contribution >= 0.6 is 12.2 Å². The van der Waals surface area contributed by atoms with E-state index in [4.69, 9.17) is 18.0 Å². The maximum Gasteiger partial charge on any atom is 0.237 e. The van der Waals surface area contributed by atoms with Gasteiger partial charge in [-0.25, -0.2) is 0 Å². The van der Waals surface area contributed by atoms with Gasteiger partial charge in [-0.1, -0.05) is 51.0 Å². The molecule has 0 aliphatic carbocycles. The standard InChI is InChI=1S/C17H26N2OS/c1-5-10-17(11-6-2,15(18)21)16(20)19-14-9-7-8-12(3)13(14)4/h7-9H,5-6,10-11H2,1-4H3,(H2,18,21)(H,19,20). The van der Waals surface area contributed by atoms with Gasteiger partial charge in [-0.2, -0.15) is 0 Å². The van der Waals surface area contributed by atoms with Gasteiger partial charge >= 0.3 is 0 Å².